The van der Waals surface area contributed by atoms with Gasteiger partial charge in [-0.2, -0.15) is 0 Å². The maximum Gasteiger partial charge on any atom is 0.239 e. The van der Waals surface area contributed by atoms with Gasteiger partial charge in [0.05, 0.1) is 11.4 Å². The molecule has 0 saturated carbocycles. The molecule has 2 N–H and O–H groups in total. The number of amides is 1. The molecule has 0 aliphatic carbocycles. The van der Waals surface area contributed by atoms with Crippen LogP contribution < -0.4 is 10.6 Å². The van der Waals surface area contributed by atoms with E-state index in [1.54, 1.807) is 11.8 Å². The van der Waals surface area contributed by atoms with Crippen molar-refractivity contribution in [3.05, 3.63) is 0 Å². The number of hydrogen-bond donors (Lipinski definition) is 2. The van der Waals surface area contributed by atoms with Crippen LogP contribution in [0.4, 0.5) is 0 Å². The number of carbonyl (C=O) groups excluding carboxylic acids is 1. The van der Waals surface area contributed by atoms with Crippen LogP contribution in [0.25, 0.3) is 0 Å². The molecular formula is C6H12N2OS. The highest BCUT2D eigenvalue weighted by molar-refractivity contribution is 7.99. The van der Waals surface area contributed by atoms with E-state index in [4.69, 9.17) is 0 Å². The zero-order chi connectivity index (χ0) is 7.56. The summed E-state index contributed by atoms with van der Waals surface area (Å²) in [4.78, 5) is 11.0. The summed E-state index contributed by atoms with van der Waals surface area (Å²) in [5, 5.41) is 6.03. The highest BCUT2D eigenvalue weighted by Gasteiger charge is 2.28. The molecule has 1 fully saturated rings. The lowest BCUT2D eigenvalue weighted by molar-refractivity contribution is -0.120. The van der Waals surface area contributed by atoms with E-state index in [0.29, 0.717) is 0 Å². The standard InChI is InChI=1S/C6H12N2OS/c1-4(10-2)8-6(9)5-3-7-5/h4-5,7H,3H2,1-2H3,(H,8,9). The minimum Gasteiger partial charge on any atom is -0.343 e. The molecule has 2 atom stereocenters. The number of nitrogens with one attached hydrogen (secondary N) is 2. The lowest BCUT2D eigenvalue weighted by Crippen LogP contribution is -2.34. The second kappa shape index (κ2) is 3.25. The van der Waals surface area contributed by atoms with Gasteiger partial charge in [0, 0.05) is 6.54 Å². The zero-order valence-corrected chi connectivity index (χ0v) is 6.99. The van der Waals surface area contributed by atoms with E-state index >= 15 is 0 Å². The van der Waals surface area contributed by atoms with Gasteiger partial charge in [-0.1, -0.05) is 0 Å². The summed E-state index contributed by atoms with van der Waals surface area (Å²) in [6.07, 6.45) is 1.98. The fourth-order valence-electron chi connectivity index (χ4n) is 0.604. The molecule has 10 heavy (non-hydrogen) atoms. The molecule has 0 aromatic carbocycles. The molecule has 1 saturated heterocycles. The van der Waals surface area contributed by atoms with Gasteiger partial charge in [-0.05, 0) is 13.2 Å². The lowest BCUT2D eigenvalue weighted by Gasteiger charge is -2.08. The van der Waals surface area contributed by atoms with Gasteiger partial charge in [0.25, 0.3) is 0 Å². The van der Waals surface area contributed by atoms with Crippen LogP contribution in [0, 0.1) is 0 Å². The third-order valence-electron chi connectivity index (χ3n) is 1.42. The average Bonchev–Trinajstić information content (AvgIpc) is 2.68. The Labute approximate surface area is 64.9 Å². The molecule has 58 valence electrons. The van der Waals surface area contributed by atoms with Crippen LogP contribution in [-0.2, 0) is 4.79 Å². The van der Waals surface area contributed by atoms with Gasteiger partial charge in [-0.15, -0.1) is 11.8 Å². The van der Waals surface area contributed by atoms with Crippen molar-refractivity contribution in [2.24, 2.45) is 0 Å². The minimum atomic E-state index is 0.0922. The molecule has 1 aliphatic rings. The van der Waals surface area contributed by atoms with Crippen molar-refractivity contribution in [1.29, 1.82) is 0 Å². The first-order valence-corrected chi connectivity index (χ1v) is 4.59. The first-order valence-electron chi connectivity index (χ1n) is 3.30. The summed E-state index contributed by atoms with van der Waals surface area (Å²) in [5.74, 6) is 0.127. The Morgan fingerprint density at radius 2 is 2.50 bits per heavy atom. The fourth-order valence-corrected chi connectivity index (χ4v) is 0.838. The Hall–Kier alpha value is -0.220. The molecular weight excluding hydrogens is 148 g/mol. The van der Waals surface area contributed by atoms with Crippen molar-refractivity contribution in [2.45, 2.75) is 18.3 Å². The molecule has 0 aromatic rings. The molecule has 4 heteroatoms. The lowest BCUT2D eigenvalue weighted by atomic mass is 10.4. The van der Waals surface area contributed by atoms with Gasteiger partial charge in [0.2, 0.25) is 5.91 Å². The van der Waals surface area contributed by atoms with Crippen LogP contribution in [0.3, 0.4) is 0 Å². The molecule has 3 nitrogen and oxygen atoms in total. The predicted molar refractivity (Wildman–Crippen MR) is 42.9 cm³/mol. The van der Waals surface area contributed by atoms with Crippen LogP contribution in [0.15, 0.2) is 0 Å². The summed E-state index contributed by atoms with van der Waals surface area (Å²) in [5.41, 5.74) is 0. The van der Waals surface area contributed by atoms with E-state index in [0.717, 1.165) is 6.54 Å². The number of rotatable bonds is 3. The molecule has 0 aromatic heterocycles. The van der Waals surface area contributed by atoms with Gasteiger partial charge in [0.15, 0.2) is 0 Å². The van der Waals surface area contributed by atoms with E-state index in [1.165, 1.54) is 0 Å². The van der Waals surface area contributed by atoms with Crippen LogP contribution >= 0.6 is 11.8 Å². The summed E-state index contributed by atoms with van der Waals surface area (Å²) < 4.78 is 0. The monoisotopic (exact) mass is 160 g/mol. The van der Waals surface area contributed by atoms with Gasteiger partial charge >= 0.3 is 0 Å². The average molecular weight is 160 g/mol. The molecule has 0 spiro atoms. The maximum absolute atomic E-state index is 11.0. The van der Waals surface area contributed by atoms with E-state index in [9.17, 15) is 4.79 Å². The summed E-state index contributed by atoms with van der Waals surface area (Å²) in [7, 11) is 0. The van der Waals surface area contributed by atoms with Crippen molar-refractivity contribution < 1.29 is 4.79 Å². The first-order chi connectivity index (χ1) is 4.74. The Bertz CT molecular complexity index is 136. The van der Waals surface area contributed by atoms with Crippen molar-refractivity contribution in [3.8, 4) is 0 Å². The molecule has 0 radical (unpaired) electrons. The van der Waals surface area contributed by atoms with Gasteiger partial charge in [0.1, 0.15) is 0 Å². The van der Waals surface area contributed by atoms with Crippen LogP contribution in [-0.4, -0.2) is 30.1 Å². The highest BCUT2D eigenvalue weighted by atomic mass is 32.2. The summed E-state index contributed by atoms with van der Waals surface area (Å²) in [6.45, 7) is 2.82. The fraction of sp³-hybridized carbons (Fsp3) is 0.833. The third-order valence-corrected chi connectivity index (χ3v) is 2.25. The second-order valence-electron chi connectivity index (χ2n) is 2.35. The van der Waals surface area contributed by atoms with E-state index in [1.807, 2.05) is 13.2 Å². The number of carbonyl (C=O) groups is 1. The normalized spacial score (nSPS) is 25.6. The minimum absolute atomic E-state index is 0.0922. The van der Waals surface area contributed by atoms with Gasteiger partial charge in [-0.25, -0.2) is 0 Å². The predicted octanol–water partition coefficient (Wildman–Crippen LogP) is -0.217. The number of hydrogen-bond acceptors (Lipinski definition) is 3. The zero-order valence-electron chi connectivity index (χ0n) is 6.18. The molecule has 1 rings (SSSR count). The number of thioether (sulfide) groups is 1. The molecule has 1 amide bonds. The van der Waals surface area contributed by atoms with Gasteiger partial charge in [-0.3, -0.25) is 4.79 Å². The molecule has 0 bridgehead atoms. The smallest absolute Gasteiger partial charge is 0.239 e. The quantitative estimate of drug-likeness (QED) is 0.443. The molecule has 1 aliphatic heterocycles. The Morgan fingerprint density at radius 1 is 1.90 bits per heavy atom. The maximum atomic E-state index is 11.0. The van der Waals surface area contributed by atoms with E-state index < -0.39 is 0 Å². The Kier molecular flexibility index (Phi) is 2.56. The van der Waals surface area contributed by atoms with Crippen LogP contribution in [0.5, 0.6) is 0 Å². The van der Waals surface area contributed by atoms with Crippen molar-refractivity contribution in [2.75, 3.05) is 12.8 Å². The largest absolute Gasteiger partial charge is 0.343 e. The van der Waals surface area contributed by atoms with E-state index in [2.05, 4.69) is 10.6 Å². The van der Waals surface area contributed by atoms with Crippen molar-refractivity contribution >= 4 is 17.7 Å². The first kappa shape index (κ1) is 7.88. The Balaban J connectivity index is 2.16. The SMILES string of the molecule is CSC(C)NC(=O)C1CN1. The van der Waals surface area contributed by atoms with Crippen LogP contribution in [0.2, 0.25) is 0 Å². The van der Waals surface area contributed by atoms with Crippen molar-refractivity contribution in [1.82, 2.24) is 10.6 Å². The second-order valence-corrected chi connectivity index (χ2v) is 3.53. The van der Waals surface area contributed by atoms with Crippen LogP contribution in [0.1, 0.15) is 6.92 Å². The van der Waals surface area contributed by atoms with Gasteiger partial charge < -0.3 is 10.6 Å². The highest BCUT2D eigenvalue weighted by Crippen LogP contribution is 2.03. The molecule has 1 heterocycles. The molecule has 2 unspecified atom stereocenters. The topological polar surface area (TPSA) is 51.0 Å². The van der Waals surface area contributed by atoms with E-state index in [-0.39, 0.29) is 17.3 Å². The third kappa shape index (κ3) is 2.19. The summed E-state index contributed by atoms with van der Waals surface area (Å²) >= 11 is 1.64. The Morgan fingerprint density at radius 3 is 2.90 bits per heavy atom. The van der Waals surface area contributed by atoms with Crippen molar-refractivity contribution in [3.63, 3.8) is 0 Å². The summed E-state index contributed by atoms with van der Waals surface area (Å²) in [6, 6.07) is 0.0922.